The van der Waals surface area contributed by atoms with Gasteiger partial charge in [-0.15, -0.1) is 24.8 Å². The SMILES string of the molecule is CN(C)CCOc1ccc(CCNC(=O)C2CC(F)(F)CN2)cc1.Cl.Cl. The lowest BCUT2D eigenvalue weighted by Crippen LogP contribution is -2.41. The van der Waals surface area contributed by atoms with Crippen LogP contribution in [0.5, 0.6) is 5.75 Å². The zero-order valence-electron chi connectivity index (χ0n) is 15.0. The summed E-state index contributed by atoms with van der Waals surface area (Å²) >= 11 is 0. The molecule has 1 heterocycles. The summed E-state index contributed by atoms with van der Waals surface area (Å²) in [5.74, 6) is -2.34. The van der Waals surface area contributed by atoms with E-state index in [9.17, 15) is 13.6 Å². The van der Waals surface area contributed by atoms with E-state index in [1.807, 2.05) is 43.3 Å². The molecule has 1 atom stereocenters. The van der Waals surface area contributed by atoms with Crippen molar-refractivity contribution in [2.45, 2.75) is 24.8 Å². The zero-order chi connectivity index (χ0) is 17.6. The van der Waals surface area contributed by atoms with Crippen molar-refractivity contribution in [1.82, 2.24) is 15.5 Å². The lowest BCUT2D eigenvalue weighted by Gasteiger charge is -2.12. The maximum Gasteiger partial charge on any atom is 0.262 e. The van der Waals surface area contributed by atoms with Crippen molar-refractivity contribution >= 4 is 30.7 Å². The molecule has 150 valence electrons. The number of ether oxygens (including phenoxy) is 1. The first kappa shape index (κ1) is 24.8. The largest absolute Gasteiger partial charge is 0.492 e. The highest BCUT2D eigenvalue weighted by molar-refractivity contribution is 5.85. The van der Waals surface area contributed by atoms with Crippen LogP contribution in [0.15, 0.2) is 24.3 Å². The van der Waals surface area contributed by atoms with E-state index in [-0.39, 0.29) is 30.7 Å². The number of rotatable bonds is 8. The molecule has 0 bridgehead atoms. The van der Waals surface area contributed by atoms with E-state index in [0.29, 0.717) is 19.6 Å². The third kappa shape index (κ3) is 8.49. The van der Waals surface area contributed by atoms with Crippen LogP contribution in [-0.4, -0.2) is 63.1 Å². The second-order valence-corrected chi connectivity index (χ2v) is 6.33. The number of carbonyl (C=O) groups is 1. The van der Waals surface area contributed by atoms with Gasteiger partial charge in [0, 0.05) is 19.5 Å². The monoisotopic (exact) mass is 413 g/mol. The summed E-state index contributed by atoms with van der Waals surface area (Å²) in [5.41, 5.74) is 1.06. The molecule has 0 aliphatic carbocycles. The van der Waals surface area contributed by atoms with Crippen LogP contribution in [-0.2, 0) is 11.2 Å². The second-order valence-electron chi connectivity index (χ2n) is 6.33. The van der Waals surface area contributed by atoms with E-state index < -0.39 is 24.9 Å². The van der Waals surface area contributed by atoms with Gasteiger partial charge >= 0.3 is 0 Å². The highest BCUT2D eigenvalue weighted by atomic mass is 35.5. The molecule has 1 saturated heterocycles. The van der Waals surface area contributed by atoms with E-state index in [4.69, 9.17) is 4.74 Å². The van der Waals surface area contributed by atoms with Crippen LogP contribution in [0.2, 0.25) is 0 Å². The molecule has 1 unspecified atom stereocenters. The lowest BCUT2D eigenvalue weighted by atomic mass is 10.1. The first-order valence-corrected chi connectivity index (χ1v) is 8.11. The summed E-state index contributed by atoms with van der Waals surface area (Å²) in [7, 11) is 3.98. The average Bonchev–Trinajstić information content (AvgIpc) is 2.89. The summed E-state index contributed by atoms with van der Waals surface area (Å²) in [5, 5.41) is 5.25. The molecule has 5 nitrogen and oxygen atoms in total. The Balaban J connectivity index is 0.00000312. The molecule has 1 aromatic rings. The fraction of sp³-hybridized carbons (Fsp3) is 0.588. The third-order valence-corrected chi connectivity index (χ3v) is 3.87. The maximum absolute atomic E-state index is 13.1. The van der Waals surface area contributed by atoms with Gasteiger partial charge in [0.15, 0.2) is 0 Å². The predicted molar refractivity (Wildman–Crippen MR) is 103 cm³/mol. The van der Waals surface area contributed by atoms with Gasteiger partial charge in [-0.1, -0.05) is 12.1 Å². The number of benzene rings is 1. The molecule has 1 fully saturated rings. The summed E-state index contributed by atoms with van der Waals surface area (Å²) in [6, 6.07) is 6.88. The zero-order valence-corrected chi connectivity index (χ0v) is 16.6. The molecule has 2 rings (SSSR count). The van der Waals surface area contributed by atoms with Crippen molar-refractivity contribution in [3.05, 3.63) is 29.8 Å². The minimum Gasteiger partial charge on any atom is -0.492 e. The van der Waals surface area contributed by atoms with Crippen LogP contribution in [0.1, 0.15) is 12.0 Å². The van der Waals surface area contributed by atoms with E-state index >= 15 is 0 Å². The molecule has 1 aromatic carbocycles. The number of hydrogen-bond donors (Lipinski definition) is 2. The summed E-state index contributed by atoms with van der Waals surface area (Å²) in [4.78, 5) is 13.9. The van der Waals surface area contributed by atoms with Gasteiger partial charge in [0.2, 0.25) is 5.91 Å². The van der Waals surface area contributed by atoms with Crippen molar-refractivity contribution in [3.63, 3.8) is 0 Å². The van der Waals surface area contributed by atoms with Crippen LogP contribution >= 0.6 is 24.8 Å². The van der Waals surface area contributed by atoms with Gasteiger partial charge in [-0.2, -0.15) is 0 Å². The predicted octanol–water partition coefficient (Wildman–Crippen LogP) is 2.13. The topological polar surface area (TPSA) is 53.6 Å². The molecule has 0 saturated carbocycles. The highest BCUT2D eigenvalue weighted by Gasteiger charge is 2.42. The van der Waals surface area contributed by atoms with Gasteiger partial charge in [-0.25, -0.2) is 8.78 Å². The highest BCUT2D eigenvalue weighted by Crippen LogP contribution is 2.25. The van der Waals surface area contributed by atoms with Crippen LogP contribution in [0, 0.1) is 0 Å². The van der Waals surface area contributed by atoms with E-state index in [1.165, 1.54) is 0 Å². The van der Waals surface area contributed by atoms with Gasteiger partial charge in [0.25, 0.3) is 5.92 Å². The molecule has 0 aromatic heterocycles. The van der Waals surface area contributed by atoms with E-state index in [2.05, 4.69) is 10.6 Å². The normalized spacial score (nSPS) is 18.0. The fourth-order valence-electron chi connectivity index (χ4n) is 2.45. The third-order valence-electron chi connectivity index (χ3n) is 3.87. The molecule has 1 amide bonds. The fourth-order valence-corrected chi connectivity index (χ4v) is 2.45. The first-order chi connectivity index (χ1) is 11.4. The Kier molecular flexibility index (Phi) is 11.0. The van der Waals surface area contributed by atoms with Crippen molar-refractivity contribution in [2.24, 2.45) is 0 Å². The number of nitrogens with zero attached hydrogens (tertiary/aromatic N) is 1. The van der Waals surface area contributed by atoms with E-state index in [1.54, 1.807) is 0 Å². The minimum absolute atomic E-state index is 0. The number of carbonyl (C=O) groups excluding carboxylic acids is 1. The minimum atomic E-state index is -2.79. The van der Waals surface area contributed by atoms with Crippen LogP contribution in [0.4, 0.5) is 8.78 Å². The molecule has 2 N–H and O–H groups in total. The number of hydrogen-bond acceptors (Lipinski definition) is 4. The van der Waals surface area contributed by atoms with Gasteiger partial charge in [0.05, 0.1) is 12.6 Å². The standard InChI is InChI=1S/C17H25F2N3O2.2ClH/c1-22(2)9-10-24-14-5-3-13(4-6-14)7-8-20-16(23)15-11-17(18,19)12-21-15;;/h3-6,15,21H,7-12H2,1-2H3,(H,20,23);2*1H. The van der Waals surface area contributed by atoms with Crippen LogP contribution in [0.3, 0.4) is 0 Å². The van der Waals surface area contributed by atoms with Crippen molar-refractivity contribution in [1.29, 1.82) is 0 Å². The number of halogens is 4. The van der Waals surface area contributed by atoms with Crippen LogP contribution in [0.25, 0.3) is 0 Å². The maximum atomic E-state index is 13.1. The summed E-state index contributed by atoms with van der Waals surface area (Å²) < 4.78 is 31.7. The summed E-state index contributed by atoms with van der Waals surface area (Å²) in [6.07, 6.45) is 0.213. The smallest absolute Gasteiger partial charge is 0.262 e. The number of likely N-dealkylation sites (N-methyl/N-ethyl adjacent to an activating group) is 1. The molecule has 26 heavy (non-hydrogen) atoms. The Hall–Kier alpha value is -1.15. The molecular formula is C17H27Cl2F2N3O2. The Morgan fingerprint density at radius 2 is 1.96 bits per heavy atom. The van der Waals surface area contributed by atoms with Gasteiger partial charge in [0.1, 0.15) is 12.4 Å². The average molecular weight is 414 g/mol. The van der Waals surface area contributed by atoms with Crippen molar-refractivity contribution < 1.29 is 18.3 Å². The Bertz CT molecular complexity index is 545. The molecule has 1 aliphatic rings. The molecular weight excluding hydrogens is 387 g/mol. The quantitative estimate of drug-likeness (QED) is 0.685. The van der Waals surface area contributed by atoms with Gasteiger partial charge in [-0.3, -0.25) is 10.1 Å². The van der Waals surface area contributed by atoms with Crippen molar-refractivity contribution in [2.75, 3.05) is 40.3 Å². The Morgan fingerprint density at radius 1 is 1.31 bits per heavy atom. The van der Waals surface area contributed by atoms with Gasteiger partial charge in [-0.05, 0) is 38.2 Å². The van der Waals surface area contributed by atoms with Crippen LogP contribution < -0.4 is 15.4 Å². The van der Waals surface area contributed by atoms with Crippen molar-refractivity contribution in [3.8, 4) is 5.75 Å². The number of alkyl halides is 2. The molecule has 0 spiro atoms. The molecule has 1 aliphatic heterocycles. The lowest BCUT2D eigenvalue weighted by molar-refractivity contribution is -0.123. The second kappa shape index (κ2) is 11.5. The molecule has 9 heteroatoms. The number of nitrogens with one attached hydrogen (secondary N) is 2. The molecule has 0 radical (unpaired) electrons. The van der Waals surface area contributed by atoms with E-state index in [0.717, 1.165) is 17.9 Å². The number of amides is 1. The Morgan fingerprint density at radius 3 is 2.50 bits per heavy atom. The summed E-state index contributed by atoms with van der Waals surface area (Å²) in [6.45, 7) is 1.47. The Labute approximate surface area is 165 Å². The van der Waals surface area contributed by atoms with Gasteiger partial charge < -0.3 is 15.0 Å². The first-order valence-electron chi connectivity index (χ1n) is 8.11.